The van der Waals surface area contributed by atoms with E-state index in [1.165, 1.54) is 11.3 Å². The molecule has 3 aromatic rings. The SMILES string of the molecule is CCOC(=O)c1c(NC(=O)c2ccc(Br)cc2)sc(C)c1-c1ccc(OC)c(OC)c1. The highest BCUT2D eigenvalue weighted by Crippen LogP contribution is 2.43. The van der Waals surface area contributed by atoms with E-state index in [0.717, 1.165) is 14.9 Å². The molecule has 0 unspecified atom stereocenters. The second kappa shape index (κ2) is 9.98. The number of hydrogen-bond donors (Lipinski definition) is 1. The summed E-state index contributed by atoms with van der Waals surface area (Å²) in [6, 6.07) is 12.4. The summed E-state index contributed by atoms with van der Waals surface area (Å²) < 4.78 is 16.9. The first-order chi connectivity index (χ1) is 14.9. The number of thiophene rings is 1. The average Bonchev–Trinajstić information content (AvgIpc) is 3.09. The van der Waals surface area contributed by atoms with Crippen molar-refractivity contribution >= 4 is 44.1 Å². The lowest BCUT2D eigenvalue weighted by molar-refractivity contribution is 0.0529. The zero-order chi connectivity index (χ0) is 22.5. The van der Waals surface area contributed by atoms with Gasteiger partial charge in [0.1, 0.15) is 10.6 Å². The maximum absolute atomic E-state index is 12.9. The Morgan fingerprint density at radius 3 is 2.32 bits per heavy atom. The Morgan fingerprint density at radius 1 is 1.03 bits per heavy atom. The number of aryl methyl sites for hydroxylation is 1. The van der Waals surface area contributed by atoms with E-state index in [-0.39, 0.29) is 12.5 Å². The van der Waals surface area contributed by atoms with E-state index in [2.05, 4.69) is 21.2 Å². The highest BCUT2D eigenvalue weighted by Gasteiger charge is 2.26. The Hall–Kier alpha value is -2.84. The predicted molar refractivity (Wildman–Crippen MR) is 126 cm³/mol. The molecule has 0 spiro atoms. The number of benzene rings is 2. The van der Waals surface area contributed by atoms with Crippen molar-refractivity contribution in [3.05, 3.63) is 62.9 Å². The van der Waals surface area contributed by atoms with E-state index >= 15 is 0 Å². The fourth-order valence-corrected chi connectivity index (χ4v) is 4.47. The minimum Gasteiger partial charge on any atom is -0.493 e. The second-order valence-electron chi connectivity index (χ2n) is 6.49. The van der Waals surface area contributed by atoms with Gasteiger partial charge in [-0.2, -0.15) is 0 Å². The first kappa shape index (κ1) is 22.8. The van der Waals surface area contributed by atoms with Gasteiger partial charge < -0.3 is 19.5 Å². The third-order valence-electron chi connectivity index (χ3n) is 4.57. The Labute approximate surface area is 193 Å². The summed E-state index contributed by atoms with van der Waals surface area (Å²) in [6.07, 6.45) is 0. The van der Waals surface area contributed by atoms with Gasteiger partial charge in [0, 0.05) is 20.5 Å². The molecular formula is C23H22BrNO5S. The number of amides is 1. The number of esters is 1. The Morgan fingerprint density at radius 2 is 1.71 bits per heavy atom. The standard InChI is InChI=1S/C23H22BrNO5S/c1-5-30-23(27)20-19(15-8-11-17(28-3)18(12-15)29-4)13(2)31-22(20)25-21(26)14-6-9-16(24)10-7-14/h6-12H,5H2,1-4H3,(H,25,26). The second-order valence-corrected chi connectivity index (χ2v) is 8.63. The maximum Gasteiger partial charge on any atom is 0.341 e. The van der Waals surface area contributed by atoms with Gasteiger partial charge in [-0.1, -0.05) is 22.0 Å². The Balaban J connectivity index is 2.08. The average molecular weight is 504 g/mol. The lowest BCUT2D eigenvalue weighted by atomic mass is 10.0. The van der Waals surface area contributed by atoms with Gasteiger partial charge in [-0.05, 0) is 55.8 Å². The van der Waals surface area contributed by atoms with Gasteiger partial charge in [0.2, 0.25) is 0 Å². The molecule has 0 atom stereocenters. The van der Waals surface area contributed by atoms with Gasteiger partial charge in [-0.3, -0.25) is 4.79 Å². The molecule has 31 heavy (non-hydrogen) atoms. The predicted octanol–water partition coefficient (Wildman–Crippen LogP) is 5.93. The molecule has 0 aliphatic heterocycles. The third-order valence-corrected chi connectivity index (χ3v) is 6.12. The van der Waals surface area contributed by atoms with Crippen LogP contribution in [-0.2, 0) is 4.74 Å². The highest BCUT2D eigenvalue weighted by atomic mass is 79.9. The minimum absolute atomic E-state index is 0.221. The van der Waals surface area contributed by atoms with E-state index in [1.807, 2.05) is 13.0 Å². The molecule has 1 N–H and O–H groups in total. The van der Waals surface area contributed by atoms with Crippen LogP contribution < -0.4 is 14.8 Å². The van der Waals surface area contributed by atoms with Crippen LogP contribution in [0.15, 0.2) is 46.9 Å². The normalized spacial score (nSPS) is 10.5. The van der Waals surface area contributed by atoms with E-state index < -0.39 is 5.97 Å². The molecule has 1 amide bonds. The number of carbonyl (C=O) groups is 2. The van der Waals surface area contributed by atoms with Crippen molar-refractivity contribution < 1.29 is 23.8 Å². The van der Waals surface area contributed by atoms with Crippen LogP contribution in [-0.4, -0.2) is 32.7 Å². The van der Waals surface area contributed by atoms with Crippen LogP contribution in [0.3, 0.4) is 0 Å². The van der Waals surface area contributed by atoms with E-state index in [0.29, 0.717) is 33.2 Å². The molecule has 0 aliphatic rings. The van der Waals surface area contributed by atoms with Gasteiger partial charge in [0.25, 0.3) is 5.91 Å². The van der Waals surface area contributed by atoms with Gasteiger partial charge in [0.05, 0.1) is 20.8 Å². The molecular weight excluding hydrogens is 482 g/mol. The van der Waals surface area contributed by atoms with Crippen molar-refractivity contribution in [3.8, 4) is 22.6 Å². The summed E-state index contributed by atoms with van der Waals surface area (Å²) in [5, 5.41) is 3.31. The number of hydrogen-bond acceptors (Lipinski definition) is 6. The molecule has 6 nitrogen and oxygen atoms in total. The summed E-state index contributed by atoms with van der Waals surface area (Å²) >= 11 is 4.69. The van der Waals surface area contributed by atoms with Gasteiger partial charge in [0.15, 0.2) is 11.5 Å². The van der Waals surface area contributed by atoms with E-state index in [4.69, 9.17) is 14.2 Å². The van der Waals surface area contributed by atoms with E-state index in [9.17, 15) is 9.59 Å². The number of rotatable bonds is 7. The number of anilines is 1. The summed E-state index contributed by atoms with van der Waals surface area (Å²) in [7, 11) is 3.12. The summed E-state index contributed by atoms with van der Waals surface area (Å²) in [4.78, 5) is 26.5. The first-order valence-corrected chi connectivity index (χ1v) is 11.1. The van der Waals surface area contributed by atoms with Crippen LogP contribution >= 0.6 is 27.3 Å². The molecule has 0 radical (unpaired) electrons. The zero-order valence-corrected chi connectivity index (χ0v) is 20.0. The largest absolute Gasteiger partial charge is 0.493 e. The van der Waals surface area contributed by atoms with Gasteiger partial charge in [-0.15, -0.1) is 11.3 Å². The van der Waals surface area contributed by atoms with Crippen molar-refractivity contribution in [1.82, 2.24) is 0 Å². The Bertz CT molecular complexity index is 1110. The van der Waals surface area contributed by atoms with Crippen LogP contribution in [0.1, 0.15) is 32.5 Å². The maximum atomic E-state index is 12.9. The van der Waals surface area contributed by atoms with Crippen molar-refractivity contribution in [3.63, 3.8) is 0 Å². The van der Waals surface area contributed by atoms with Crippen molar-refractivity contribution in [2.75, 3.05) is 26.1 Å². The van der Waals surface area contributed by atoms with Crippen LogP contribution in [0, 0.1) is 6.92 Å². The van der Waals surface area contributed by atoms with Crippen LogP contribution in [0.2, 0.25) is 0 Å². The molecule has 3 rings (SSSR count). The number of nitrogens with one attached hydrogen (secondary N) is 1. The quantitative estimate of drug-likeness (QED) is 0.404. The molecule has 1 aromatic heterocycles. The molecule has 8 heteroatoms. The third kappa shape index (κ3) is 4.91. The fourth-order valence-electron chi connectivity index (χ4n) is 3.15. The molecule has 0 bridgehead atoms. The number of methoxy groups -OCH3 is 2. The monoisotopic (exact) mass is 503 g/mol. The molecule has 2 aromatic carbocycles. The molecule has 0 saturated heterocycles. The zero-order valence-electron chi connectivity index (χ0n) is 17.6. The molecule has 162 valence electrons. The van der Waals surface area contributed by atoms with Crippen molar-refractivity contribution in [2.24, 2.45) is 0 Å². The Kier molecular flexibility index (Phi) is 7.35. The summed E-state index contributed by atoms with van der Waals surface area (Å²) in [5.74, 6) is 0.322. The summed E-state index contributed by atoms with van der Waals surface area (Å²) in [6.45, 7) is 3.86. The fraction of sp³-hybridized carbons (Fsp3) is 0.217. The highest BCUT2D eigenvalue weighted by molar-refractivity contribution is 9.10. The topological polar surface area (TPSA) is 73.9 Å². The first-order valence-electron chi connectivity index (χ1n) is 9.49. The smallest absolute Gasteiger partial charge is 0.341 e. The number of carbonyl (C=O) groups excluding carboxylic acids is 2. The lowest BCUT2D eigenvalue weighted by Crippen LogP contribution is -2.14. The molecule has 1 heterocycles. The lowest BCUT2D eigenvalue weighted by Gasteiger charge is -2.12. The van der Waals surface area contributed by atoms with E-state index in [1.54, 1.807) is 57.5 Å². The number of ether oxygens (including phenoxy) is 3. The molecule has 0 fully saturated rings. The van der Waals surface area contributed by atoms with Crippen LogP contribution in [0.25, 0.3) is 11.1 Å². The number of halogens is 1. The van der Waals surface area contributed by atoms with Crippen molar-refractivity contribution in [2.45, 2.75) is 13.8 Å². The van der Waals surface area contributed by atoms with Gasteiger partial charge >= 0.3 is 5.97 Å². The van der Waals surface area contributed by atoms with Crippen molar-refractivity contribution in [1.29, 1.82) is 0 Å². The molecule has 0 saturated carbocycles. The minimum atomic E-state index is -0.497. The molecule has 0 aliphatic carbocycles. The van der Waals surface area contributed by atoms with Crippen LogP contribution in [0.5, 0.6) is 11.5 Å². The van der Waals surface area contributed by atoms with Gasteiger partial charge in [-0.25, -0.2) is 4.79 Å². The summed E-state index contributed by atoms with van der Waals surface area (Å²) in [5.41, 5.74) is 2.26. The van der Waals surface area contributed by atoms with Crippen LogP contribution in [0.4, 0.5) is 5.00 Å².